The summed E-state index contributed by atoms with van der Waals surface area (Å²) in [6.07, 6.45) is 18.9. The fourth-order valence-electron chi connectivity index (χ4n) is 2.64. The van der Waals surface area contributed by atoms with Gasteiger partial charge in [-0.15, -0.1) is 0 Å². The highest BCUT2D eigenvalue weighted by atomic mass is 16.5. The summed E-state index contributed by atoms with van der Waals surface area (Å²) in [5.74, 6) is 0. The minimum absolute atomic E-state index is 0.770. The van der Waals surface area contributed by atoms with Crippen molar-refractivity contribution >= 4 is 0 Å². The molecule has 0 N–H and O–H groups in total. The molecule has 0 aromatic carbocycles. The van der Waals surface area contributed by atoms with E-state index in [1.807, 2.05) is 0 Å². The van der Waals surface area contributed by atoms with E-state index in [4.69, 9.17) is 9.47 Å². The molecule has 0 fully saturated rings. The molecule has 0 amide bonds. The first kappa shape index (κ1) is 21.9. The van der Waals surface area contributed by atoms with Crippen LogP contribution in [0.1, 0.15) is 104 Å². The lowest BCUT2D eigenvalue weighted by Crippen LogP contribution is -2.06. The van der Waals surface area contributed by atoms with E-state index in [1.165, 1.54) is 89.9 Å². The SMILES string of the molecule is CCCCCCCCCOCCOCCCCCCCCC. The molecule has 134 valence electrons. The predicted molar refractivity (Wildman–Crippen MR) is 97.6 cm³/mol. The summed E-state index contributed by atoms with van der Waals surface area (Å²) in [7, 11) is 0. The molecule has 0 radical (unpaired) electrons. The topological polar surface area (TPSA) is 18.5 Å². The van der Waals surface area contributed by atoms with Crippen LogP contribution in [0.5, 0.6) is 0 Å². The third kappa shape index (κ3) is 19.9. The second-order valence-corrected chi connectivity index (χ2v) is 6.47. The Morgan fingerprint density at radius 1 is 0.364 bits per heavy atom. The molecule has 0 atom stereocenters. The average Bonchev–Trinajstić information content (AvgIpc) is 2.54. The van der Waals surface area contributed by atoms with Gasteiger partial charge in [0, 0.05) is 13.2 Å². The van der Waals surface area contributed by atoms with E-state index in [9.17, 15) is 0 Å². The Balaban J connectivity index is 2.91. The van der Waals surface area contributed by atoms with Crippen LogP contribution in [0.15, 0.2) is 0 Å². The Kier molecular flexibility index (Phi) is 20.8. The van der Waals surface area contributed by atoms with Crippen molar-refractivity contribution in [1.29, 1.82) is 0 Å². The van der Waals surface area contributed by atoms with Crippen LogP contribution in [0.25, 0.3) is 0 Å². The first-order valence-electron chi connectivity index (χ1n) is 10.1. The fourth-order valence-corrected chi connectivity index (χ4v) is 2.64. The maximum Gasteiger partial charge on any atom is 0.0700 e. The van der Waals surface area contributed by atoms with Gasteiger partial charge < -0.3 is 9.47 Å². The Morgan fingerprint density at radius 2 is 0.682 bits per heavy atom. The Hall–Kier alpha value is -0.0800. The monoisotopic (exact) mass is 314 g/mol. The molecule has 0 aliphatic heterocycles. The first-order valence-corrected chi connectivity index (χ1v) is 10.1. The molecule has 2 nitrogen and oxygen atoms in total. The number of hydrogen-bond donors (Lipinski definition) is 0. The van der Waals surface area contributed by atoms with Crippen molar-refractivity contribution in [2.24, 2.45) is 0 Å². The average molecular weight is 315 g/mol. The zero-order chi connectivity index (χ0) is 16.1. The lowest BCUT2D eigenvalue weighted by molar-refractivity contribution is 0.0448. The van der Waals surface area contributed by atoms with Crippen LogP contribution in [0.2, 0.25) is 0 Å². The zero-order valence-electron chi connectivity index (χ0n) is 15.5. The molecule has 0 heterocycles. The van der Waals surface area contributed by atoms with E-state index in [1.54, 1.807) is 0 Å². The van der Waals surface area contributed by atoms with Crippen LogP contribution in [-0.2, 0) is 9.47 Å². The molecule has 2 heteroatoms. The van der Waals surface area contributed by atoms with E-state index in [0.717, 1.165) is 26.4 Å². The molecule has 0 aromatic heterocycles. The summed E-state index contributed by atoms with van der Waals surface area (Å²) in [5.41, 5.74) is 0. The highest BCUT2D eigenvalue weighted by Crippen LogP contribution is 2.07. The van der Waals surface area contributed by atoms with Gasteiger partial charge in [0.1, 0.15) is 0 Å². The van der Waals surface area contributed by atoms with Crippen LogP contribution in [-0.4, -0.2) is 26.4 Å². The Morgan fingerprint density at radius 3 is 1.05 bits per heavy atom. The van der Waals surface area contributed by atoms with Crippen LogP contribution in [0.3, 0.4) is 0 Å². The zero-order valence-corrected chi connectivity index (χ0v) is 15.5. The smallest absolute Gasteiger partial charge is 0.0700 e. The number of unbranched alkanes of at least 4 members (excludes halogenated alkanes) is 12. The van der Waals surface area contributed by atoms with E-state index >= 15 is 0 Å². The third-order valence-corrected chi connectivity index (χ3v) is 4.16. The van der Waals surface area contributed by atoms with Gasteiger partial charge in [-0.25, -0.2) is 0 Å². The van der Waals surface area contributed by atoms with Crippen molar-refractivity contribution in [3.63, 3.8) is 0 Å². The van der Waals surface area contributed by atoms with Crippen LogP contribution >= 0.6 is 0 Å². The summed E-state index contributed by atoms with van der Waals surface area (Å²) >= 11 is 0. The summed E-state index contributed by atoms with van der Waals surface area (Å²) in [6, 6.07) is 0. The van der Waals surface area contributed by atoms with Crippen molar-refractivity contribution in [3.8, 4) is 0 Å². The van der Waals surface area contributed by atoms with Gasteiger partial charge in [0.05, 0.1) is 13.2 Å². The Labute approximate surface area is 140 Å². The van der Waals surface area contributed by atoms with E-state index in [0.29, 0.717) is 0 Å². The van der Waals surface area contributed by atoms with Gasteiger partial charge >= 0.3 is 0 Å². The van der Waals surface area contributed by atoms with Crippen molar-refractivity contribution in [2.45, 2.75) is 104 Å². The number of rotatable bonds is 19. The van der Waals surface area contributed by atoms with Gasteiger partial charge in [-0.05, 0) is 12.8 Å². The largest absolute Gasteiger partial charge is 0.379 e. The molecular formula is C20H42O2. The second-order valence-electron chi connectivity index (χ2n) is 6.47. The fraction of sp³-hybridized carbons (Fsp3) is 1.00. The second kappa shape index (κ2) is 20.9. The van der Waals surface area contributed by atoms with Crippen LogP contribution in [0, 0.1) is 0 Å². The van der Waals surface area contributed by atoms with Crippen LogP contribution in [0.4, 0.5) is 0 Å². The van der Waals surface area contributed by atoms with Gasteiger partial charge in [0.2, 0.25) is 0 Å². The lowest BCUT2D eigenvalue weighted by Gasteiger charge is -2.06. The molecule has 0 aliphatic carbocycles. The highest BCUT2D eigenvalue weighted by molar-refractivity contribution is 4.46. The number of ether oxygens (including phenoxy) is 2. The molecule has 0 bridgehead atoms. The highest BCUT2D eigenvalue weighted by Gasteiger charge is 1.94. The molecule has 0 spiro atoms. The van der Waals surface area contributed by atoms with E-state index in [2.05, 4.69) is 13.8 Å². The standard InChI is InChI=1S/C20H42O2/c1-3-5-7-9-11-13-15-17-21-19-20-22-18-16-14-12-10-8-6-4-2/h3-20H2,1-2H3. The van der Waals surface area contributed by atoms with Crippen LogP contribution < -0.4 is 0 Å². The molecule has 0 aliphatic rings. The normalized spacial score (nSPS) is 11.2. The Bertz CT molecular complexity index is 163. The van der Waals surface area contributed by atoms with Gasteiger partial charge in [0.15, 0.2) is 0 Å². The molecule has 0 saturated carbocycles. The minimum atomic E-state index is 0.770. The summed E-state index contributed by atoms with van der Waals surface area (Å²) in [6.45, 7) is 7.90. The van der Waals surface area contributed by atoms with Gasteiger partial charge in [-0.2, -0.15) is 0 Å². The molecular weight excluding hydrogens is 272 g/mol. The minimum Gasteiger partial charge on any atom is -0.379 e. The van der Waals surface area contributed by atoms with E-state index in [-0.39, 0.29) is 0 Å². The van der Waals surface area contributed by atoms with Crippen molar-refractivity contribution in [2.75, 3.05) is 26.4 Å². The maximum atomic E-state index is 5.61. The third-order valence-electron chi connectivity index (χ3n) is 4.16. The summed E-state index contributed by atoms with van der Waals surface area (Å²) < 4.78 is 11.2. The van der Waals surface area contributed by atoms with Crippen molar-refractivity contribution in [1.82, 2.24) is 0 Å². The summed E-state index contributed by atoms with van der Waals surface area (Å²) in [5, 5.41) is 0. The van der Waals surface area contributed by atoms with Crippen molar-refractivity contribution < 1.29 is 9.47 Å². The molecule has 0 rings (SSSR count). The van der Waals surface area contributed by atoms with Gasteiger partial charge in [0.25, 0.3) is 0 Å². The predicted octanol–water partition coefficient (Wildman–Crippen LogP) is 6.52. The first-order chi connectivity index (χ1) is 10.9. The molecule has 0 saturated heterocycles. The molecule has 0 aromatic rings. The summed E-state index contributed by atoms with van der Waals surface area (Å²) in [4.78, 5) is 0. The molecule has 22 heavy (non-hydrogen) atoms. The van der Waals surface area contributed by atoms with E-state index < -0.39 is 0 Å². The van der Waals surface area contributed by atoms with Gasteiger partial charge in [-0.1, -0.05) is 90.9 Å². The number of hydrogen-bond acceptors (Lipinski definition) is 2. The molecule has 0 unspecified atom stereocenters. The quantitative estimate of drug-likeness (QED) is 0.253. The van der Waals surface area contributed by atoms with Crippen molar-refractivity contribution in [3.05, 3.63) is 0 Å². The lowest BCUT2D eigenvalue weighted by atomic mass is 10.1. The maximum absolute atomic E-state index is 5.61. The van der Waals surface area contributed by atoms with Gasteiger partial charge in [-0.3, -0.25) is 0 Å².